The number of carbonyl (C=O) groups is 1. The molecule has 0 bridgehead atoms. The summed E-state index contributed by atoms with van der Waals surface area (Å²) in [6.07, 6.45) is 0. The van der Waals surface area contributed by atoms with Crippen LogP contribution in [0.4, 0.5) is 0 Å². The summed E-state index contributed by atoms with van der Waals surface area (Å²) in [5.74, 6) is -0.329. The normalized spacial score (nSPS) is 12.2. The Labute approximate surface area is 94.4 Å². The zero-order valence-corrected chi connectivity index (χ0v) is 9.54. The van der Waals surface area contributed by atoms with E-state index in [9.17, 15) is 4.79 Å². The highest BCUT2D eigenvalue weighted by atomic mass is 35.5. The molecule has 0 fully saturated rings. The van der Waals surface area contributed by atoms with E-state index in [1.807, 2.05) is 25.1 Å². The van der Waals surface area contributed by atoms with Crippen LogP contribution in [0.15, 0.2) is 24.3 Å². The highest BCUT2D eigenvalue weighted by molar-refractivity contribution is 6.31. The van der Waals surface area contributed by atoms with Crippen LogP contribution in [0, 0.1) is 0 Å². The Hall–Kier alpha value is -1.06. The molecule has 0 spiro atoms. The largest absolute Gasteiger partial charge is 0.468 e. The molecule has 15 heavy (non-hydrogen) atoms. The van der Waals surface area contributed by atoms with E-state index in [2.05, 4.69) is 5.32 Å². The van der Waals surface area contributed by atoms with Crippen LogP contribution in [-0.2, 0) is 9.53 Å². The molecule has 0 radical (unpaired) electrons. The highest BCUT2D eigenvalue weighted by Gasteiger charge is 2.21. The third kappa shape index (κ3) is 2.94. The van der Waals surface area contributed by atoms with Crippen molar-refractivity contribution in [3.63, 3.8) is 0 Å². The molecule has 1 aromatic carbocycles. The third-order valence-corrected chi connectivity index (χ3v) is 2.41. The molecular formula is C11H14ClNO2. The van der Waals surface area contributed by atoms with Gasteiger partial charge in [-0.05, 0) is 18.2 Å². The molecule has 0 amide bonds. The number of rotatable bonds is 4. The third-order valence-electron chi connectivity index (χ3n) is 2.06. The molecule has 1 N–H and O–H groups in total. The highest BCUT2D eigenvalue weighted by Crippen LogP contribution is 2.23. The van der Waals surface area contributed by atoms with E-state index >= 15 is 0 Å². The van der Waals surface area contributed by atoms with E-state index in [0.717, 1.165) is 5.56 Å². The fraction of sp³-hybridized carbons (Fsp3) is 0.364. The Morgan fingerprint density at radius 3 is 2.73 bits per heavy atom. The van der Waals surface area contributed by atoms with Gasteiger partial charge >= 0.3 is 5.97 Å². The summed E-state index contributed by atoms with van der Waals surface area (Å²) < 4.78 is 4.71. The van der Waals surface area contributed by atoms with Gasteiger partial charge in [-0.2, -0.15) is 0 Å². The van der Waals surface area contributed by atoms with Crippen LogP contribution < -0.4 is 5.32 Å². The molecule has 1 unspecified atom stereocenters. The van der Waals surface area contributed by atoms with Gasteiger partial charge in [-0.1, -0.05) is 36.7 Å². The van der Waals surface area contributed by atoms with E-state index in [4.69, 9.17) is 16.3 Å². The van der Waals surface area contributed by atoms with Crippen LogP contribution in [0.3, 0.4) is 0 Å². The second kappa shape index (κ2) is 5.73. The van der Waals surface area contributed by atoms with Crippen molar-refractivity contribution in [2.24, 2.45) is 0 Å². The van der Waals surface area contributed by atoms with E-state index < -0.39 is 6.04 Å². The van der Waals surface area contributed by atoms with E-state index in [1.54, 1.807) is 6.07 Å². The quantitative estimate of drug-likeness (QED) is 0.802. The van der Waals surface area contributed by atoms with Gasteiger partial charge in [0.15, 0.2) is 0 Å². The lowest BCUT2D eigenvalue weighted by Gasteiger charge is -2.16. The molecule has 3 nitrogen and oxygen atoms in total. The topological polar surface area (TPSA) is 38.3 Å². The lowest BCUT2D eigenvalue weighted by Crippen LogP contribution is -2.29. The number of ether oxygens (including phenoxy) is 1. The maximum absolute atomic E-state index is 11.5. The van der Waals surface area contributed by atoms with Crippen LogP contribution in [-0.4, -0.2) is 19.6 Å². The smallest absolute Gasteiger partial charge is 0.327 e. The Bertz CT molecular complexity index is 341. The molecule has 1 aromatic rings. The first-order valence-corrected chi connectivity index (χ1v) is 5.14. The molecule has 0 aliphatic rings. The second-order valence-electron chi connectivity index (χ2n) is 3.04. The first kappa shape index (κ1) is 12.0. The van der Waals surface area contributed by atoms with Gasteiger partial charge in [-0.15, -0.1) is 0 Å². The number of nitrogens with one attached hydrogen (secondary N) is 1. The van der Waals surface area contributed by atoms with Gasteiger partial charge in [0.1, 0.15) is 6.04 Å². The Balaban J connectivity index is 2.98. The average Bonchev–Trinajstić information content (AvgIpc) is 2.26. The van der Waals surface area contributed by atoms with Crippen molar-refractivity contribution < 1.29 is 9.53 Å². The average molecular weight is 228 g/mol. The van der Waals surface area contributed by atoms with Crippen LogP contribution in [0.5, 0.6) is 0 Å². The maximum atomic E-state index is 11.5. The second-order valence-corrected chi connectivity index (χ2v) is 3.44. The van der Waals surface area contributed by atoms with E-state index in [-0.39, 0.29) is 5.97 Å². The van der Waals surface area contributed by atoms with E-state index in [0.29, 0.717) is 11.6 Å². The minimum atomic E-state index is -0.492. The lowest BCUT2D eigenvalue weighted by molar-refractivity contribution is -0.143. The summed E-state index contributed by atoms with van der Waals surface area (Å²) in [7, 11) is 1.36. The predicted octanol–water partition coefficient (Wildman–Crippen LogP) is 2.16. The SMILES string of the molecule is CCNC(C(=O)OC)c1ccccc1Cl. The fourth-order valence-corrected chi connectivity index (χ4v) is 1.60. The minimum absolute atomic E-state index is 0.329. The Morgan fingerprint density at radius 2 is 2.20 bits per heavy atom. The zero-order valence-electron chi connectivity index (χ0n) is 8.79. The first-order chi connectivity index (χ1) is 7.20. The van der Waals surface area contributed by atoms with Crippen LogP contribution in [0.2, 0.25) is 5.02 Å². The first-order valence-electron chi connectivity index (χ1n) is 4.76. The van der Waals surface area contributed by atoms with Crippen molar-refractivity contribution in [2.45, 2.75) is 13.0 Å². The Morgan fingerprint density at radius 1 is 1.53 bits per heavy atom. The van der Waals surface area contributed by atoms with Crippen LogP contribution in [0.1, 0.15) is 18.5 Å². The number of benzene rings is 1. The maximum Gasteiger partial charge on any atom is 0.327 e. The molecule has 82 valence electrons. The monoisotopic (exact) mass is 227 g/mol. The number of methoxy groups -OCH3 is 1. The van der Waals surface area contributed by atoms with E-state index in [1.165, 1.54) is 7.11 Å². The van der Waals surface area contributed by atoms with Crippen molar-refractivity contribution in [1.29, 1.82) is 0 Å². The number of likely N-dealkylation sites (N-methyl/N-ethyl adjacent to an activating group) is 1. The lowest BCUT2D eigenvalue weighted by atomic mass is 10.1. The molecule has 0 aliphatic carbocycles. The van der Waals surface area contributed by atoms with Gasteiger partial charge in [-0.25, -0.2) is 4.79 Å². The van der Waals surface area contributed by atoms with Crippen molar-refractivity contribution in [1.82, 2.24) is 5.32 Å². The van der Waals surface area contributed by atoms with Gasteiger partial charge in [0.05, 0.1) is 7.11 Å². The minimum Gasteiger partial charge on any atom is -0.468 e. The van der Waals surface area contributed by atoms with Crippen molar-refractivity contribution in [3.05, 3.63) is 34.9 Å². The van der Waals surface area contributed by atoms with Gasteiger partial charge in [0.2, 0.25) is 0 Å². The van der Waals surface area contributed by atoms with Crippen molar-refractivity contribution in [3.8, 4) is 0 Å². The predicted molar refractivity (Wildman–Crippen MR) is 59.9 cm³/mol. The molecule has 1 atom stereocenters. The van der Waals surface area contributed by atoms with Crippen LogP contribution in [0.25, 0.3) is 0 Å². The summed E-state index contributed by atoms with van der Waals surface area (Å²) in [5, 5.41) is 3.60. The molecule has 0 saturated heterocycles. The van der Waals surface area contributed by atoms with Gasteiger partial charge < -0.3 is 10.1 Å². The number of carbonyl (C=O) groups excluding carboxylic acids is 1. The fourth-order valence-electron chi connectivity index (χ4n) is 1.35. The van der Waals surface area contributed by atoms with Crippen molar-refractivity contribution in [2.75, 3.05) is 13.7 Å². The molecule has 0 aliphatic heterocycles. The van der Waals surface area contributed by atoms with Gasteiger partial charge in [0.25, 0.3) is 0 Å². The molecule has 4 heteroatoms. The summed E-state index contributed by atoms with van der Waals surface area (Å²) in [6.45, 7) is 2.60. The zero-order chi connectivity index (χ0) is 11.3. The standard InChI is InChI=1S/C11H14ClNO2/c1-3-13-10(11(14)15-2)8-6-4-5-7-9(8)12/h4-7,10,13H,3H2,1-2H3. The van der Waals surface area contributed by atoms with Gasteiger partial charge in [-0.3, -0.25) is 0 Å². The number of hydrogen-bond acceptors (Lipinski definition) is 3. The number of hydrogen-bond donors (Lipinski definition) is 1. The van der Waals surface area contributed by atoms with Crippen molar-refractivity contribution >= 4 is 17.6 Å². The summed E-state index contributed by atoms with van der Waals surface area (Å²) in [6, 6.07) is 6.74. The number of halogens is 1. The summed E-state index contributed by atoms with van der Waals surface area (Å²) in [4.78, 5) is 11.5. The molecule has 0 aromatic heterocycles. The molecule has 0 heterocycles. The number of esters is 1. The summed E-state index contributed by atoms with van der Waals surface area (Å²) >= 11 is 6.01. The van der Waals surface area contributed by atoms with Crippen LogP contribution >= 0.6 is 11.6 Å². The molecular weight excluding hydrogens is 214 g/mol. The molecule has 1 rings (SSSR count). The molecule has 0 saturated carbocycles. The van der Waals surface area contributed by atoms with Gasteiger partial charge in [0, 0.05) is 5.02 Å². The summed E-state index contributed by atoms with van der Waals surface area (Å²) in [5.41, 5.74) is 0.743. The Kier molecular flexibility index (Phi) is 4.59.